The Hall–Kier alpha value is -2.74. The molecular weight excluding hydrogens is 605 g/mol. The molecule has 12 heteroatoms. The van der Waals surface area contributed by atoms with Crippen LogP contribution in [0.5, 0.6) is 0 Å². The molecule has 1 atom stereocenters. The third-order valence-corrected chi connectivity index (χ3v) is 9.52. The van der Waals surface area contributed by atoms with Gasteiger partial charge in [0.1, 0.15) is 7.60 Å². The number of unbranched alkanes of at least 4 members (excludes halogenated alkanes) is 3. The van der Waals surface area contributed by atoms with Gasteiger partial charge in [0.15, 0.2) is 0 Å². The maximum atomic E-state index is 13.2. The van der Waals surface area contributed by atoms with Crippen LogP contribution in [0.3, 0.4) is 0 Å². The van der Waals surface area contributed by atoms with Crippen molar-refractivity contribution in [3.8, 4) is 11.8 Å². The highest BCUT2D eigenvalue weighted by atomic mass is 33.1. The Bertz CT molecular complexity index is 1340. The molecule has 3 amide bonds. The number of benzene rings is 2. The van der Waals surface area contributed by atoms with Gasteiger partial charge in [0.2, 0.25) is 17.7 Å². The predicted molar refractivity (Wildman–Crippen MR) is 173 cm³/mol. The second-order valence-electron chi connectivity index (χ2n) is 10.0. The summed E-state index contributed by atoms with van der Waals surface area (Å²) in [6, 6.07) is 15.4. The monoisotopic (exact) mass is 644 g/mol. The average Bonchev–Trinajstić information content (AvgIpc) is 2.96. The van der Waals surface area contributed by atoms with Crippen LogP contribution in [-0.4, -0.2) is 55.6 Å². The van der Waals surface area contributed by atoms with E-state index in [1.165, 1.54) is 0 Å². The van der Waals surface area contributed by atoms with Crippen LogP contribution in [0.25, 0.3) is 0 Å². The molecule has 0 radical (unpaired) electrons. The van der Waals surface area contributed by atoms with Crippen LogP contribution in [0.1, 0.15) is 61.6 Å². The van der Waals surface area contributed by atoms with Gasteiger partial charge in [-0.1, -0.05) is 76.6 Å². The van der Waals surface area contributed by atoms with Gasteiger partial charge < -0.3 is 29.5 Å². The number of nitrogens with one attached hydrogen (secondary N) is 2. The summed E-state index contributed by atoms with van der Waals surface area (Å²) in [5.41, 5.74) is 3.47. The summed E-state index contributed by atoms with van der Waals surface area (Å²) < 4.78 is 15.6. The summed E-state index contributed by atoms with van der Waals surface area (Å²) >= 11 is 0. The van der Waals surface area contributed by atoms with Crippen LogP contribution in [0.15, 0.2) is 48.5 Å². The average molecular weight is 645 g/mol. The standard InChI is InChI=1S/C31H40N3O6PS2/c1-41(38,39)40-21-9-3-2-8-19-32-29(35)17-22-42-43-23-18-30(36)33-20-16-31(37)34-24-27-12-5-4-10-25(27)14-15-26-11-6-7-13-28(26)34/h4-7,10-13H,2-3,8-9,16-24H2,1H3,(H,32,35)(H,33,36)(H,38,39)/p-1. The SMILES string of the molecule is CP(=O)([O-])OCCCCCCNC(=O)CCSSCCC(=O)NCCC(=O)N1Cc2ccccc2C#Cc2ccccc21. The molecule has 0 aromatic heterocycles. The number of hydrogen-bond donors (Lipinski definition) is 2. The first-order valence-electron chi connectivity index (χ1n) is 14.4. The van der Waals surface area contributed by atoms with Gasteiger partial charge in [0, 0.05) is 61.6 Å². The van der Waals surface area contributed by atoms with E-state index < -0.39 is 7.60 Å². The molecule has 43 heavy (non-hydrogen) atoms. The number of para-hydroxylation sites is 1. The molecule has 3 rings (SSSR count). The number of hydrogen-bond acceptors (Lipinski definition) is 8. The van der Waals surface area contributed by atoms with Crippen molar-refractivity contribution in [3.63, 3.8) is 0 Å². The molecular formula is C31H39N3O6PS2-. The quantitative estimate of drug-likeness (QED) is 0.105. The number of carbonyl (C=O) groups excluding carboxylic acids is 3. The van der Waals surface area contributed by atoms with E-state index in [0.717, 1.165) is 48.3 Å². The number of amides is 3. The second kappa shape index (κ2) is 18.8. The second-order valence-corrected chi connectivity index (χ2v) is 14.5. The molecule has 0 saturated carbocycles. The Morgan fingerprint density at radius 2 is 1.47 bits per heavy atom. The Balaban J connectivity index is 1.24. The number of nitrogens with zero attached hydrogens (tertiary/aromatic N) is 1. The van der Waals surface area contributed by atoms with Gasteiger partial charge in [-0.3, -0.25) is 14.4 Å². The molecule has 1 aliphatic heterocycles. The van der Waals surface area contributed by atoms with Crippen LogP contribution in [0.4, 0.5) is 5.69 Å². The zero-order valence-corrected chi connectivity index (χ0v) is 27.0. The predicted octanol–water partition coefficient (Wildman–Crippen LogP) is 4.48. The lowest BCUT2D eigenvalue weighted by molar-refractivity contribution is -0.196. The van der Waals surface area contributed by atoms with Crippen LogP contribution >= 0.6 is 29.2 Å². The number of carbonyl (C=O) groups is 3. The van der Waals surface area contributed by atoms with Crippen molar-refractivity contribution < 1.29 is 28.4 Å². The zero-order chi connectivity index (χ0) is 30.9. The molecule has 2 aromatic rings. The summed E-state index contributed by atoms with van der Waals surface area (Å²) in [5.74, 6) is 7.49. The summed E-state index contributed by atoms with van der Waals surface area (Å²) in [6.07, 6.45) is 4.19. The molecule has 1 aliphatic rings. The van der Waals surface area contributed by atoms with E-state index in [1.807, 2.05) is 48.5 Å². The van der Waals surface area contributed by atoms with Gasteiger partial charge in [-0.15, -0.1) is 0 Å². The minimum Gasteiger partial charge on any atom is -0.779 e. The van der Waals surface area contributed by atoms with Gasteiger partial charge in [0.25, 0.3) is 0 Å². The normalized spacial score (nSPS) is 13.3. The van der Waals surface area contributed by atoms with Gasteiger partial charge in [-0.25, -0.2) is 0 Å². The van der Waals surface area contributed by atoms with E-state index in [4.69, 9.17) is 4.52 Å². The maximum absolute atomic E-state index is 13.2. The van der Waals surface area contributed by atoms with Crippen molar-refractivity contribution >= 4 is 52.6 Å². The highest BCUT2D eigenvalue weighted by molar-refractivity contribution is 8.76. The molecule has 2 aromatic carbocycles. The highest BCUT2D eigenvalue weighted by Gasteiger charge is 2.21. The topological polar surface area (TPSA) is 128 Å². The molecule has 0 saturated heterocycles. The number of fused-ring (bicyclic) bond motifs is 2. The summed E-state index contributed by atoms with van der Waals surface area (Å²) in [6.45, 7) is 2.55. The van der Waals surface area contributed by atoms with E-state index >= 15 is 0 Å². The van der Waals surface area contributed by atoms with E-state index in [-0.39, 0.29) is 37.3 Å². The summed E-state index contributed by atoms with van der Waals surface area (Å²) in [5, 5.41) is 5.74. The van der Waals surface area contributed by atoms with Gasteiger partial charge in [-0.2, -0.15) is 0 Å². The van der Waals surface area contributed by atoms with Crippen LogP contribution in [0, 0.1) is 11.8 Å². The smallest absolute Gasteiger partial charge is 0.229 e. The summed E-state index contributed by atoms with van der Waals surface area (Å²) in [7, 11) is -0.530. The van der Waals surface area contributed by atoms with Gasteiger partial charge >= 0.3 is 0 Å². The number of anilines is 1. The minimum absolute atomic E-state index is 0.00435. The third kappa shape index (κ3) is 13.6. The van der Waals surface area contributed by atoms with Gasteiger partial charge in [-0.05, 0) is 36.6 Å². The lowest BCUT2D eigenvalue weighted by atomic mass is 10.0. The van der Waals surface area contributed by atoms with Crippen molar-refractivity contribution in [1.82, 2.24) is 10.6 Å². The highest BCUT2D eigenvalue weighted by Crippen LogP contribution is 2.31. The summed E-state index contributed by atoms with van der Waals surface area (Å²) in [4.78, 5) is 50.2. The van der Waals surface area contributed by atoms with E-state index in [1.54, 1.807) is 26.5 Å². The molecule has 9 nitrogen and oxygen atoms in total. The molecule has 232 valence electrons. The molecule has 1 unspecified atom stereocenters. The van der Waals surface area contributed by atoms with Crippen LogP contribution < -0.4 is 20.4 Å². The van der Waals surface area contributed by atoms with Crippen molar-refractivity contribution in [2.75, 3.05) is 42.8 Å². The lowest BCUT2D eigenvalue weighted by Gasteiger charge is -2.26. The van der Waals surface area contributed by atoms with E-state index in [9.17, 15) is 23.8 Å². The molecule has 0 fully saturated rings. The Labute approximate surface area is 262 Å². The molecule has 0 spiro atoms. The van der Waals surface area contributed by atoms with Crippen LogP contribution in [-0.2, 0) is 30.0 Å². The fourth-order valence-electron chi connectivity index (χ4n) is 4.25. The van der Waals surface area contributed by atoms with Crippen molar-refractivity contribution in [2.45, 2.75) is 51.5 Å². The van der Waals surface area contributed by atoms with Crippen molar-refractivity contribution in [1.29, 1.82) is 0 Å². The molecule has 0 aliphatic carbocycles. The van der Waals surface area contributed by atoms with E-state index in [2.05, 4.69) is 22.5 Å². The Morgan fingerprint density at radius 1 is 0.860 bits per heavy atom. The fraction of sp³-hybridized carbons (Fsp3) is 0.452. The molecule has 2 N–H and O–H groups in total. The fourth-order valence-corrected chi connectivity index (χ4v) is 6.69. The Kier molecular flexibility index (Phi) is 15.2. The van der Waals surface area contributed by atoms with E-state index in [0.29, 0.717) is 43.9 Å². The first-order chi connectivity index (χ1) is 20.7. The van der Waals surface area contributed by atoms with Crippen molar-refractivity contribution in [2.24, 2.45) is 0 Å². The molecule has 1 heterocycles. The van der Waals surface area contributed by atoms with Crippen LogP contribution in [0.2, 0.25) is 0 Å². The third-order valence-electron chi connectivity index (χ3n) is 6.46. The first-order valence-corrected chi connectivity index (χ1v) is 18.9. The molecule has 0 bridgehead atoms. The van der Waals surface area contributed by atoms with Gasteiger partial charge in [0.05, 0.1) is 18.8 Å². The number of rotatable bonds is 18. The first kappa shape index (κ1) is 34.7. The zero-order valence-electron chi connectivity index (χ0n) is 24.5. The largest absolute Gasteiger partial charge is 0.779 e. The lowest BCUT2D eigenvalue weighted by Crippen LogP contribution is -2.35. The Morgan fingerprint density at radius 3 is 2.19 bits per heavy atom. The van der Waals surface area contributed by atoms with Crippen molar-refractivity contribution in [3.05, 3.63) is 65.2 Å². The maximum Gasteiger partial charge on any atom is 0.229 e. The minimum atomic E-state index is -3.64.